The number of anilines is 1. The van der Waals surface area contributed by atoms with E-state index in [1.807, 2.05) is 36.4 Å². The summed E-state index contributed by atoms with van der Waals surface area (Å²) in [6, 6.07) is 17.7. The van der Waals surface area contributed by atoms with Crippen LogP contribution in [0.4, 0.5) is 5.00 Å². The second-order valence-electron chi connectivity index (χ2n) is 6.89. The minimum atomic E-state index is -0.203. The fraction of sp³-hybridized carbons (Fsp3) is 0.217. The van der Waals surface area contributed by atoms with Gasteiger partial charge in [-0.25, -0.2) is 4.98 Å². The number of aryl methyl sites for hydroxylation is 1. The summed E-state index contributed by atoms with van der Waals surface area (Å²) < 4.78 is 0. The standard InChI is InChI=1S/C23H18N4OS2/c24-12-16-10-11-19(15-6-2-1-3-7-15)26-22(16)29-14-21(28)27-23-18(13-25)17-8-4-5-9-20(17)30-23/h1-3,6-7,10-11H,4-5,8-9,14H2,(H,27,28). The van der Waals surface area contributed by atoms with E-state index < -0.39 is 0 Å². The van der Waals surface area contributed by atoms with E-state index in [0.29, 0.717) is 21.2 Å². The number of rotatable bonds is 5. The van der Waals surface area contributed by atoms with Crippen molar-refractivity contribution in [2.24, 2.45) is 0 Å². The Labute approximate surface area is 183 Å². The molecule has 0 fully saturated rings. The first-order valence-corrected chi connectivity index (χ1v) is 11.4. The van der Waals surface area contributed by atoms with Crippen molar-refractivity contribution in [1.82, 2.24) is 4.98 Å². The van der Waals surface area contributed by atoms with Crippen molar-refractivity contribution in [3.05, 3.63) is 64.0 Å². The quantitative estimate of drug-likeness (QED) is 0.565. The molecule has 7 heteroatoms. The third kappa shape index (κ3) is 4.23. The van der Waals surface area contributed by atoms with E-state index in [2.05, 4.69) is 22.4 Å². The van der Waals surface area contributed by atoms with Crippen LogP contribution in [0.25, 0.3) is 11.3 Å². The Morgan fingerprint density at radius 2 is 1.90 bits per heavy atom. The van der Waals surface area contributed by atoms with E-state index in [4.69, 9.17) is 0 Å². The van der Waals surface area contributed by atoms with Crippen molar-refractivity contribution in [2.75, 3.05) is 11.1 Å². The molecule has 1 amide bonds. The molecule has 0 saturated carbocycles. The molecule has 1 aliphatic carbocycles. The van der Waals surface area contributed by atoms with Gasteiger partial charge in [0.25, 0.3) is 0 Å². The normalized spacial score (nSPS) is 12.5. The number of pyridine rings is 1. The van der Waals surface area contributed by atoms with Crippen LogP contribution < -0.4 is 5.32 Å². The molecule has 0 bridgehead atoms. The number of fused-ring (bicyclic) bond motifs is 1. The number of aromatic nitrogens is 1. The predicted octanol–water partition coefficient (Wildman–Crippen LogP) is 5.16. The van der Waals surface area contributed by atoms with Gasteiger partial charge < -0.3 is 5.32 Å². The molecule has 1 N–H and O–H groups in total. The van der Waals surface area contributed by atoms with Crippen molar-refractivity contribution in [3.8, 4) is 23.4 Å². The maximum atomic E-state index is 12.6. The molecule has 1 aliphatic rings. The Morgan fingerprint density at radius 1 is 1.10 bits per heavy atom. The number of thioether (sulfide) groups is 1. The Kier molecular flexibility index (Phi) is 6.13. The monoisotopic (exact) mass is 430 g/mol. The number of benzene rings is 1. The van der Waals surface area contributed by atoms with Crippen LogP contribution in [0.15, 0.2) is 47.5 Å². The Balaban J connectivity index is 1.49. The number of carbonyl (C=O) groups is 1. The summed E-state index contributed by atoms with van der Waals surface area (Å²) >= 11 is 2.74. The molecule has 0 aliphatic heterocycles. The number of thiophene rings is 1. The van der Waals surface area contributed by atoms with Crippen LogP contribution in [0.1, 0.15) is 34.4 Å². The summed E-state index contributed by atoms with van der Waals surface area (Å²) in [7, 11) is 0. The topological polar surface area (TPSA) is 89.6 Å². The molecule has 0 radical (unpaired) electrons. The average Bonchev–Trinajstić information content (AvgIpc) is 3.14. The van der Waals surface area contributed by atoms with Gasteiger partial charge in [0.15, 0.2) is 0 Å². The third-order valence-electron chi connectivity index (χ3n) is 4.93. The van der Waals surface area contributed by atoms with Crippen LogP contribution in [0.5, 0.6) is 0 Å². The van der Waals surface area contributed by atoms with Crippen LogP contribution in [0.3, 0.4) is 0 Å². The second-order valence-corrected chi connectivity index (χ2v) is 8.96. The molecule has 148 valence electrons. The van der Waals surface area contributed by atoms with Crippen molar-refractivity contribution in [2.45, 2.75) is 30.7 Å². The largest absolute Gasteiger partial charge is 0.316 e. The summed E-state index contributed by atoms with van der Waals surface area (Å²) in [6.45, 7) is 0. The van der Waals surface area contributed by atoms with Gasteiger partial charge in [-0.2, -0.15) is 10.5 Å². The van der Waals surface area contributed by atoms with Crippen LogP contribution in [0.2, 0.25) is 0 Å². The summed E-state index contributed by atoms with van der Waals surface area (Å²) in [5, 5.41) is 23.0. The Bertz CT molecular complexity index is 1170. The number of nitrogens with one attached hydrogen (secondary N) is 1. The second kappa shape index (κ2) is 9.13. The lowest BCUT2D eigenvalue weighted by Crippen LogP contribution is -2.14. The van der Waals surface area contributed by atoms with Gasteiger partial charge in [0.2, 0.25) is 5.91 Å². The molecule has 0 spiro atoms. The highest BCUT2D eigenvalue weighted by molar-refractivity contribution is 8.00. The Hall–Kier alpha value is -3.13. The molecule has 5 nitrogen and oxygen atoms in total. The lowest BCUT2D eigenvalue weighted by atomic mass is 9.96. The van der Waals surface area contributed by atoms with Crippen LogP contribution in [-0.4, -0.2) is 16.6 Å². The number of carbonyl (C=O) groups excluding carboxylic acids is 1. The van der Waals surface area contributed by atoms with E-state index in [-0.39, 0.29) is 11.7 Å². The van der Waals surface area contributed by atoms with Gasteiger partial charge in [0, 0.05) is 10.4 Å². The molecule has 0 atom stereocenters. The summed E-state index contributed by atoms with van der Waals surface area (Å²) in [5.41, 5.74) is 3.86. The predicted molar refractivity (Wildman–Crippen MR) is 119 cm³/mol. The van der Waals surface area contributed by atoms with Crippen LogP contribution in [0, 0.1) is 22.7 Å². The fourth-order valence-electron chi connectivity index (χ4n) is 3.47. The molecule has 0 saturated heterocycles. The zero-order valence-electron chi connectivity index (χ0n) is 16.1. The van der Waals surface area contributed by atoms with Crippen LogP contribution >= 0.6 is 23.1 Å². The van der Waals surface area contributed by atoms with Crippen molar-refractivity contribution in [1.29, 1.82) is 10.5 Å². The van der Waals surface area contributed by atoms with E-state index in [1.54, 1.807) is 6.07 Å². The van der Waals surface area contributed by atoms with Gasteiger partial charge in [-0.15, -0.1) is 11.3 Å². The number of nitrogens with zero attached hydrogens (tertiary/aromatic N) is 3. The van der Waals surface area contributed by atoms with Gasteiger partial charge >= 0.3 is 0 Å². The minimum Gasteiger partial charge on any atom is -0.316 e. The van der Waals surface area contributed by atoms with E-state index in [9.17, 15) is 15.3 Å². The number of amides is 1. The van der Waals surface area contributed by atoms with Crippen molar-refractivity contribution in [3.63, 3.8) is 0 Å². The summed E-state index contributed by atoms with van der Waals surface area (Å²) in [5.74, 6) is -0.0845. The maximum Gasteiger partial charge on any atom is 0.235 e. The molecular formula is C23H18N4OS2. The van der Waals surface area contributed by atoms with Crippen molar-refractivity contribution < 1.29 is 4.79 Å². The molecule has 1 aromatic carbocycles. The summed E-state index contributed by atoms with van der Waals surface area (Å²) in [4.78, 5) is 18.4. The van der Waals surface area contributed by atoms with Crippen LogP contribution in [-0.2, 0) is 17.6 Å². The van der Waals surface area contributed by atoms with E-state index >= 15 is 0 Å². The minimum absolute atomic E-state index is 0.118. The number of nitriles is 2. The molecule has 0 unspecified atom stereocenters. The summed E-state index contributed by atoms with van der Waals surface area (Å²) in [6.07, 6.45) is 4.09. The first-order valence-electron chi connectivity index (χ1n) is 9.63. The molecule has 2 heterocycles. The SMILES string of the molecule is N#Cc1ccc(-c2ccccc2)nc1SCC(=O)Nc1sc2c(c1C#N)CCCC2. The highest BCUT2D eigenvalue weighted by atomic mass is 32.2. The highest BCUT2D eigenvalue weighted by Gasteiger charge is 2.22. The highest BCUT2D eigenvalue weighted by Crippen LogP contribution is 2.37. The van der Waals surface area contributed by atoms with Gasteiger partial charge in [-0.1, -0.05) is 42.1 Å². The van der Waals surface area contributed by atoms with Gasteiger partial charge in [-0.05, 0) is 43.4 Å². The van der Waals surface area contributed by atoms with Gasteiger partial charge in [0.1, 0.15) is 22.2 Å². The fourth-order valence-corrected chi connectivity index (χ4v) is 5.50. The third-order valence-corrected chi connectivity index (χ3v) is 7.12. The van der Waals surface area contributed by atoms with E-state index in [0.717, 1.165) is 42.5 Å². The Morgan fingerprint density at radius 3 is 2.67 bits per heavy atom. The molecule has 30 heavy (non-hydrogen) atoms. The van der Waals surface area contributed by atoms with Gasteiger partial charge in [0.05, 0.1) is 22.6 Å². The number of hydrogen-bond acceptors (Lipinski definition) is 6. The van der Waals surface area contributed by atoms with Gasteiger partial charge in [-0.3, -0.25) is 4.79 Å². The lowest BCUT2D eigenvalue weighted by Gasteiger charge is -2.09. The lowest BCUT2D eigenvalue weighted by molar-refractivity contribution is -0.113. The molecule has 3 aromatic rings. The van der Waals surface area contributed by atoms with Crippen molar-refractivity contribution >= 4 is 34.0 Å². The molecule has 4 rings (SSSR count). The average molecular weight is 431 g/mol. The smallest absolute Gasteiger partial charge is 0.235 e. The zero-order valence-corrected chi connectivity index (χ0v) is 17.8. The first-order chi connectivity index (χ1) is 14.7. The maximum absolute atomic E-state index is 12.6. The first kappa shape index (κ1) is 20.2. The number of hydrogen-bond donors (Lipinski definition) is 1. The molecular weight excluding hydrogens is 412 g/mol. The molecule has 2 aromatic heterocycles. The van der Waals surface area contributed by atoms with E-state index in [1.165, 1.54) is 28.0 Å². The zero-order chi connectivity index (χ0) is 20.9.